The van der Waals surface area contributed by atoms with Crippen molar-refractivity contribution in [2.24, 2.45) is 0 Å². The van der Waals surface area contributed by atoms with Crippen LogP contribution in [-0.2, 0) is 12.8 Å². The van der Waals surface area contributed by atoms with Gasteiger partial charge in [-0.1, -0.05) is 22.9 Å². The molecule has 1 N–H and O–H groups in total. The zero-order chi connectivity index (χ0) is 15.1. The Hall–Kier alpha value is -1.26. The molecule has 0 aliphatic heterocycles. The standard InChI is InChI=1S/C17H20BrFN2/c1-2-21-17(4-3-13-5-7-20-8-6-13)11-14-9-15(18)12-16(19)10-14/h5-10,12,17,21H,2-4,11H2,1H3. The molecule has 0 aliphatic carbocycles. The fourth-order valence-electron chi connectivity index (χ4n) is 2.47. The van der Waals surface area contributed by atoms with Crippen molar-refractivity contribution in [3.63, 3.8) is 0 Å². The second-order valence-electron chi connectivity index (χ2n) is 5.13. The van der Waals surface area contributed by atoms with Crippen molar-refractivity contribution >= 4 is 15.9 Å². The van der Waals surface area contributed by atoms with E-state index in [-0.39, 0.29) is 5.82 Å². The largest absolute Gasteiger partial charge is 0.314 e. The minimum absolute atomic E-state index is 0.191. The maximum Gasteiger partial charge on any atom is 0.124 e. The molecular weight excluding hydrogens is 331 g/mol. The lowest BCUT2D eigenvalue weighted by Gasteiger charge is -2.18. The third-order valence-corrected chi connectivity index (χ3v) is 3.89. The number of hydrogen-bond donors (Lipinski definition) is 1. The molecule has 0 fully saturated rings. The zero-order valence-electron chi connectivity index (χ0n) is 12.2. The molecule has 1 aromatic heterocycles. The van der Waals surface area contributed by atoms with E-state index in [9.17, 15) is 4.39 Å². The van der Waals surface area contributed by atoms with Crippen LogP contribution in [0.25, 0.3) is 0 Å². The van der Waals surface area contributed by atoms with Gasteiger partial charge in [0.15, 0.2) is 0 Å². The van der Waals surface area contributed by atoms with Crippen LogP contribution in [0.4, 0.5) is 4.39 Å². The van der Waals surface area contributed by atoms with E-state index in [4.69, 9.17) is 0 Å². The van der Waals surface area contributed by atoms with E-state index in [1.54, 1.807) is 6.07 Å². The summed E-state index contributed by atoms with van der Waals surface area (Å²) in [5.74, 6) is -0.191. The number of pyridine rings is 1. The fraction of sp³-hybridized carbons (Fsp3) is 0.353. The normalized spacial score (nSPS) is 12.3. The SMILES string of the molecule is CCNC(CCc1ccncc1)Cc1cc(F)cc(Br)c1. The van der Waals surface area contributed by atoms with Crippen LogP contribution in [0.3, 0.4) is 0 Å². The summed E-state index contributed by atoms with van der Waals surface area (Å²) < 4.78 is 14.3. The summed E-state index contributed by atoms with van der Waals surface area (Å²) in [4.78, 5) is 4.03. The molecule has 2 rings (SSSR count). The monoisotopic (exact) mass is 350 g/mol. The second kappa shape index (κ2) is 8.25. The topological polar surface area (TPSA) is 24.9 Å². The Labute approximate surface area is 133 Å². The van der Waals surface area contributed by atoms with E-state index in [2.05, 4.69) is 33.2 Å². The van der Waals surface area contributed by atoms with Crippen LogP contribution in [0, 0.1) is 5.82 Å². The van der Waals surface area contributed by atoms with Gasteiger partial charge in [0, 0.05) is 22.9 Å². The lowest BCUT2D eigenvalue weighted by atomic mass is 9.99. The van der Waals surface area contributed by atoms with E-state index < -0.39 is 0 Å². The van der Waals surface area contributed by atoms with Crippen LogP contribution in [0.2, 0.25) is 0 Å². The Balaban J connectivity index is 1.98. The first-order chi connectivity index (χ1) is 10.2. The molecule has 0 amide bonds. The summed E-state index contributed by atoms with van der Waals surface area (Å²) in [6.45, 7) is 3.01. The average molecular weight is 351 g/mol. The van der Waals surface area contributed by atoms with Gasteiger partial charge in [0.25, 0.3) is 0 Å². The molecule has 2 aromatic rings. The molecule has 2 nitrogen and oxygen atoms in total. The van der Waals surface area contributed by atoms with Crippen LogP contribution < -0.4 is 5.32 Å². The number of rotatable bonds is 7. The summed E-state index contributed by atoms with van der Waals surface area (Å²) in [5.41, 5.74) is 2.30. The van der Waals surface area contributed by atoms with E-state index >= 15 is 0 Å². The van der Waals surface area contributed by atoms with Gasteiger partial charge in [0.2, 0.25) is 0 Å². The number of benzene rings is 1. The first kappa shape index (κ1) is 16.1. The maximum atomic E-state index is 13.5. The van der Waals surface area contributed by atoms with Gasteiger partial charge in [-0.25, -0.2) is 4.39 Å². The lowest BCUT2D eigenvalue weighted by Crippen LogP contribution is -2.31. The Morgan fingerprint density at radius 2 is 1.95 bits per heavy atom. The van der Waals surface area contributed by atoms with E-state index in [1.807, 2.05) is 30.6 Å². The third-order valence-electron chi connectivity index (χ3n) is 3.43. The molecule has 0 aliphatic rings. The predicted molar refractivity (Wildman–Crippen MR) is 87.8 cm³/mol. The highest BCUT2D eigenvalue weighted by molar-refractivity contribution is 9.10. The van der Waals surface area contributed by atoms with Crippen LogP contribution in [0.15, 0.2) is 47.2 Å². The molecule has 1 heterocycles. The van der Waals surface area contributed by atoms with Crippen molar-refractivity contribution in [2.75, 3.05) is 6.54 Å². The molecule has 1 aromatic carbocycles. The van der Waals surface area contributed by atoms with Crippen molar-refractivity contribution in [3.05, 3.63) is 64.1 Å². The molecule has 112 valence electrons. The smallest absolute Gasteiger partial charge is 0.124 e. The van der Waals surface area contributed by atoms with Gasteiger partial charge in [-0.05, 0) is 67.3 Å². The number of nitrogens with zero attached hydrogens (tertiary/aromatic N) is 1. The van der Waals surface area contributed by atoms with Crippen molar-refractivity contribution < 1.29 is 4.39 Å². The van der Waals surface area contributed by atoms with Crippen molar-refractivity contribution in [2.45, 2.75) is 32.2 Å². The summed E-state index contributed by atoms with van der Waals surface area (Å²) in [6, 6.07) is 9.52. The minimum atomic E-state index is -0.191. The minimum Gasteiger partial charge on any atom is -0.314 e. The van der Waals surface area contributed by atoms with Crippen LogP contribution in [-0.4, -0.2) is 17.6 Å². The molecule has 0 saturated heterocycles. The predicted octanol–water partition coefficient (Wildman–Crippen LogP) is 4.14. The highest BCUT2D eigenvalue weighted by atomic mass is 79.9. The second-order valence-corrected chi connectivity index (χ2v) is 6.05. The number of aromatic nitrogens is 1. The number of aryl methyl sites for hydroxylation is 1. The van der Waals surface area contributed by atoms with E-state index in [0.29, 0.717) is 6.04 Å². The number of hydrogen-bond acceptors (Lipinski definition) is 2. The highest BCUT2D eigenvalue weighted by Gasteiger charge is 2.10. The maximum absolute atomic E-state index is 13.5. The molecule has 0 spiro atoms. The van der Waals surface area contributed by atoms with Crippen molar-refractivity contribution in [3.8, 4) is 0 Å². The summed E-state index contributed by atoms with van der Waals surface area (Å²) >= 11 is 3.35. The van der Waals surface area contributed by atoms with Gasteiger partial charge in [0.05, 0.1) is 0 Å². The summed E-state index contributed by atoms with van der Waals surface area (Å²) in [5, 5.41) is 3.49. The Bertz CT molecular complexity index is 540. The van der Waals surface area contributed by atoms with Crippen molar-refractivity contribution in [1.82, 2.24) is 10.3 Å². The Morgan fingerprint density at radius 1 is 1.19 bits per heavy atom. The Morgan fingerprint density at radius 3 is 2.62 bits per heavy atom. The summed E-state index contributed by atoms with van der Waals surface area (Å²) in [6.07, 6.45) is 6.49. The molecule has 1 unspecified atom stereocenters. The van der Waals surface area contributed by atoms with Crippen molar-refractivity contribution in [1.29, 1.82) is 0 Å². The molecule has 4 heteroatoms. The molecular formula is C17H20BrFN2. The van der Waals surface area contributed by atoms with E-state index in [0.717, 1.165) is 35.8 Å². The first-order valence-electron chi connectivity index (χ1n) is 7.24. The first-order valence-corrected chi connectivity index (χ1v) is 8.04. The van der Waals surface area contributed by atoms with Crippen LogP contribution in [0.5, 0.6) is 0 Å². The summed E-state index contributed by atoms with van der Waals surface area (Å²) in [7, 11) is 0. The zero-order valence-corrected chi connectivity index (χ0v) is 13.7. The fourth-order valence-corrected chi connectivity index (χ4v) is 2.98. The molecule has 21 heavy (non-hydrogen) atoms. The number of halogens is 2. The van der Waals surface area contributed by atoms with Crippen LogP contribution >= 0.6 is 15.9 Å². The number of likely N-dealkylation sites (N-methyl/N-ethyl adjacent to an activating group) is 1. The quantitative estimate of drug-likeness (QED) is 0.811. The molecule has 1 atom stereocenters. The third kappa shape index (κ3) is 5.56. The number of nitrogens with one attached hydrogen (secondary N) is 1. The molecule has 0 radical (unpaired) electrons. The molecule has 0 saturated carbocycles. The van der Waals surface area contributed by atoms with Gasteiger partial charge in [-0.15, -0.1) is 0 Å². The lowest BCUT2D eigenvalue weighted by molar-refractivity contribution is 0.489. The molecule has 0 bridgehead atoms. The Kier molecular flexibility index (Phi) is 6.33. The van der Waals surface area contributed by atoms with Gasteiger partial charge in [-0.2, -0.15) is 0 Å². The van der Waals surface area contributed by atoms with Gasteiger partial charge in [0.1, 0.15) is 5.82 Å². The van der Waals surface area contributed by atoms with Gasteiger partial charge < -0.3 is 5.32 Å². The van der Waals surface area contributed by atoms with Crippen LogP contribution in [0.1, 0.15) is 24.5 Å². The van der Waals surface area contributed by atoms with Gasteiger partial charge >= 0.3 is 0 Å². The average Bonchev–Trinajstić information content (AvgIpc) is 2.45. The highest BCUT2D eigenvalue weighted by Crippen LogP contribution is 2.17. The van der Waals surface area contributed by atoms with E-state index in [1.165, 1.54) is 11.6 Å². The van der Waals surface area contributed by atoms with Gasteiger partial charge in [-0.3, -0.25) is 4.98 Å².